The summed E-state index contributed by atoms with van der Waals surface area (Å²) in [6.45, 7) is 12.3. The van der Waals surface area contributed by atoms with Crippen molar-refractivity contribution in [2.24, 2.45) is 11.8 Å². The third-order valence-electron chi connectivity index (χ3n) is 13.0. The molecule has 4 heteroatoms. The van der Waals surface area contributed by atoms with Crippen LogP contribution in [-0.2, 0) is 17.4 Å². The summed E-state index contributed by atoms with van der Waals surface area (Å²) in [7, 11) is 0. The van der Waals surface area contributed by atoms with Crippen LogP contribution in [0, 0.1) is 11.8 Å². The van der Waals surface area contributed by atoms with E-state index in [1.165, 1.54) is 55.6 Å². The number of benzene rings is 6. The third kappa shape index (κ3) is 7.26. The molecule has 0 N–H and O–H groups in total. The topological polar surface area (TPSA) is 0 Å². The first kappa shape index (κ1) is 42.1. The van der Waals surface area contributed by atoms with Gasteiger partial charge in [0.2, 0.25) is 0 Å². The second kappa shape index (κ2) is 16.8. The number of halogens is 2. The van der Waals surface area contributed by atoms with Gasteiger partial charge in [0.05, 0.1) is 0 Å². The predicted octanol–water partition coefficient (Wildman–Crippen LogP) is 15.2. The van der Waals surface area contributed by atoms with Gasteiger partial charge in [0, 0.05) is 0 Å². The summed E-state index contributed by atoms with van der Waals surface area (Å²) in [4.78, 5) is 0. The fraction of sp³-hybridized carbons (Fsp3) is 0.231. The normalized spacial score (nSPS) is 17.1. The molecule has 0 aliphatic heterocycles. The Labute approximate surface area is 350 Å². The van der Waals surface area contributed by atoms with Crippen molar-refractivity contribution in [2.75, 3.05) is 0 Å². The zero-order chi connectivity index (χ0) is 37.6. The molecule has 0 saturated carbocycles. The van der Waals surface area contributed by atoms with Crippen molar-refractivity contribution in [3.05, 3.63) is 179 Å². The average Bonchev–Trinajstić information content (AvgIpc) is 3.83. The molecule has 0 saturated heterocycles. The molecular formula is C52H56Cl2SiZr. The molecule has 0 bridgehead atoms. The van der Waals surface area contributed by atoms with Crippen LogP contribution in [0.25, 0.3) is 56.7 Å². The van der Waals surface area contributed by atoms with Gasteiger partial charge in [-0.05, 0) is 0 Å². The van der Waals surface area contributed by atoms with Crippen molar-refractivity contribution >= 4 is 43.8 Å². The molecule has 6 aromatic carbocycles. The molecule has 2 aliphatic carbocycles. The quantitative estimate of drug-likeness (QED) is 0.120. The standard InChI is InChI=1S/2C25H23.2CH3.2ClH.H2Si.Zr/c2*1-3-18(2)21-16-24-22(19-10-6-4-7-11-19)14-15-23(25(24)17-21)20-12-8-5-9-13-20;;;;;;/h2*4-18H,3H2,1-2H3;2*1H3;2*1H;1H2;. The summed E-state index contributed by atoms with van der Waals surface area (Å²) in [5, 5.41) is 0. The Bertz CT molecular complexity index is 2290. The van der Waals surface area contributed by atoms with Gasteiger partial charge in [0.25, 0.3) is 0 Å². The van der Waals surface area contributed by atoms with Crippen LogP contribution >= 0.6 is 24.8 Å². The number of rotatable bonds is 10. The van der Waals surface area contributed by atoms with Crippen molar-refractivity contribution in [3.8, 4) is 44.5 Å². The van der Waals surface area contributed by atoms with Crippen LogP contribution in [-0.4, -0.2) is 6.88 Å². The summed E-state index contributed by atoms with van der Waals surface area (Å²) < 4.78 is 6.47. The summed E-state index contributed by atoms with van der Waals surface area (Å²) in [5.74, 6) is 0.960. The van der Waals surface area contributed by atoms with Crippen LogP contribution in [0.5, 0.6) is 0 Å². The van der Waals surface area contributed by atoms with Crippen molar-refractivity contribution in [1.29, 1.82) is 0 Å². The van der Waals surface area contributed by atoms with E-state index in [0.29, 0.717) is 19.1 Å². The Morgan fingerprint density at radius 3 is 1.00 bits per heavy atom. The molecule has 0 fully saturated rings. The number of hydrogen-bond acceptors (Lipinski definition) is 0. The monoisotopic (exact) mass is 868 g/mol. The maximum Gasteiger partial charge on any atom is -0.147 e. The van der Waals surface area contributed by atoms with Gasteiger partial charge in [-0.1, -0.05) is 0 Å². The van der Waals surface area contributed by atoms with Gasteiger partial charge in [-0.15, -0.1) is 24.8 Å². The molecule has 286 valence electrons. The van der Waals surface area contributed by atoms with E-state index in [9.17, 15) is 0 Å². The molecule has 0 spiro atoms. The van der Waals surface area contributed by atoms with Gasteiger partial charge in [-0.2, -0.15) is 0 Å². The molecule has 4 unspecified atom stereocenters. The van der Waals surface area contributed by atoms with E-state index >= 15 is 0 Å². The van der Waals surface area contributed by atoms with E-state index in [-0.39, 0.29) is 24.8 Å². The summed E-state index contributed by atoms with van der Waals surface area (Å²) in [6, 6.07) is 54.5. The number of allylic oxidation sites excluding steroid dienone is 2. The van der Waals surface area contributed by atoms with Crippen molar-refractivity contribution in [1.82, 2.24) is 0 Å². The minimum Gasteiger partial charge on any atom is -0.147 e. The minimum absolute atomic E-state index is 0. The van der Waals surface area contributed by atoms with Gasteiger partial charge >= 0.3 is 329 Å². The van der Waals surface area contributed by atoms with E-state index in [2.05, 4.69) is 202 Å². The van der Waals surface area contributed by atoms with E-state index in [1.807, 2.05) is 0 Å². The van der Waals surface area contributed by atoms with Crippen molar-refractivity contribution < 1.29 is 17.4 Å². The van der Waals surface area contributed by atoms with E-state index in [4.69, 9.17) is 0 Å². The molecule has 6 aromatic rings. The molecule has 56 heavy (non-hydrogen) atoms. The number of hydrogen-bond donors (Lipinski definition) is 0. The number of fused-ring (bicyclic) bond motifs is 2. The smallest absolute Gasteiger partial charge is 0.147 e. The summed E-state index contributed by atoms with van der Waals surface area (Å²) >= 11 is -4.16. The van der Waals surface area contributed by atoms with E-state index in [1.54, 1.807) is 22.3 Å². The average molecular weight is 871 g/mol. The largest absolute Gasteiger partial charge is 0.147 e. The molecule has 2 aliphatic rings. The molecule has 8 rings (SSSR count). The van der Waals surface area contributed by atoms with Crippen LogP contribution in [0.3, 0.4) is 0 Å². The third-order valence-corrected chi connectivity index (χ3v) is 30.2. The molecule has 0 amide bonds. The van der Waals surface area contributed by atoms with Gasteiger partial charge in [-0.3, -0.25) is 0 Å². The second-order valence-electron chi connectivity index (χ2n) is 17.2. The Hall–Kier alpha value is -3.52. The minimum atomic E-state index is -4.16. The Balaban J connectivity index is 0.00000266. The van der Waals surface area contributed by atoms with Crippen LogP contribution in [0.4, 0.5) is 0 Å². The van der Waals surface area contributed by atoms with Crippen molar-refractivity contribution in [2.45, 2.75) is 57.1 Å². The fourth-order valence-corrected chi connectivity index (χ4v) is 29.5. The van der Waals surface area contributed by atoms with Gasteiger partial charge < -0.3 is 0 Å². The molecule has 4 atom stereocenters. The second-order valence-corrected chi connectivity index (χ2v) is 47.6. The van der Waals surface area contributed by atoms with Crippen LogP contribution in [0.15, 0.2) is 157 Å². The zero-order valence-electron chi connectivity index (χ0n) is 33.8. The Morgan fingerprint density at radius 1 is 0.446 bits per heavy atom. The first-order chi connectivity index (χ1) is 26.1. The van der Waals surface area contributed by atoms with Gasteiger partial charge in [0.1, 0.15) is 0 Å². The fourth-order valence-electron chi connectivity index (χ4n) is 10.1. The van der Waals surface area contributed by atoms with Crippen LogP contribution in [0.1, 0.15) is 70.0 Å². The summed E-state index contributed by atoms with van der Waals surface area (Å²) in [6.07, 6.45) is 7.63. The maximum absolute atomic E-state index is 4.16. The van der Waals surface area contributed by atoms with Crippen LogP contribution < -0.4 is 0 Å². The Morgan fingerprint density at radius 2 is 0.714 bits per heavy atom. The Kier molecular flexibility index (Phi) is 12.6. The SMILES string of the molecule is CCC(C)C1=Cc2c(-c3ccccc3)ccc(-c3ccccc3)c2[CH]1[Zr]([CH3])([CH3])(=[SiH2])[CH]1C(C(C)CC)=Cc2c(-c3ccccc3)ccc(-c3ccccc3)c21.Cl.Cl. The first-order valence-electron chi connectivity index (χ1n) is 20.2. The first-order valence-corrected chi connectivity index (χ1v) is 33.8. The molecule has 0 nitrogen and oxygen atoms in total. The maximum atomic E-state index is 2.85. The molecule has 0 heterocycles. The van der Waals surface area contributed by atoms with Crippen molar-refractivity contribution in [3.63, 3.8) is 0 Å². The van der Waals surface area contributed by atoms with Gasteiger partial charge in [0.15, 0.2) is 0 Å². The zero-order valence-corrected chi connectivity index (χ0v) is 39.3. The van der Waals surface area contributed by atoms with Gasteiger partial charge in [-0.25, -0.2) is 0 Å². The molecule has 0 aromatic heterocycles. The van der Waals surface area contributed by atoms with Crippen LogP contribution in [0.2, 0.25) is 9.26 Å². The summed E-state index contributed by atoms with van der Waals surface area (Å²) in [5.41, 5.74) is 20.2. The van der Waals surface area contributed by atoms with E-state index in [0.717, 1.165) is 12.8 Å². The molecular weight excluding hydrogens is 815 g/mol. The predicted molar refractivity (Wildman–Crippen MR) is 250 cm³/mol. The van der Waals surface area contributed by atoms with E-state index < -0.39 is 17.4 Å². The molecule has 0 radical (unpaired) electrons.